The molecule has 0 spiro atoms. The molecule has 3 N–H and O–H groups in total. The summed E-state index contributed by atoms with van der Waals surface area (Å²) in [4.78, 5) is 16.4. The lowest BCUT2D eigenvalue weighted by atomic mass is 10.1. The average Bonchev–Trinajstić information content (AvgIpc) is 2.69. The molecule has 0 saturated carbocycles. The number of nitrogens with one attached hydrogen (secondary N) is 1. The third-order valence-electron chi connectivity index (χ3n) is 4.42. The zero-order chi connectivity index (χ0) is 19.2. The lowest BCUT2D eigenvalue weighted by Gasteiger charge is -2.13. The lowest BCUT2D eigenvalue weighted by Crippen LogP contribution is -2.34. The van der Waals surface area contributed by atoms with Gasteiger partial charge in [-0.3, -0.25) is 4.79 Å². The molecule has 140 valence electrons. The first-order valence-corrected chi connectivity index (χ1v) is 9.27. The Balaban J connectivity index is 1.77. The zero-order valence-electron chi connectivity index (χ0n) is 15.7. The predicted octanol–water partition coefficient (Wildman–Crippen LogP) is 3.97. The number of rotatable bonds is 7. The van der Waals surface area contributed by atoms with Crippen molar-refractivity contribution in [1.29, 1.82) is 0 Å². The molecule has 0 saturated heterocycles. The molecule has 0 bridgehead atoms. The largest absolute Gasteiger partial charge is 0.465 e. The van der Waals surface area contributed by atoms with E-state index in [1.165, 1.54) is 5.39 Å². The van der Waals surface area contributed by atoms with Gasteiger partial charge in [-0.2, -0.15) is 0 Å². The quantitative estimate of drug-likeness (QED) is 0.621. The molecule has 0 fully saturated rings. The molecule has 1 aromatic heterocycles. The maximum Gasteiger partial charge on any atom is 0.323 e. The Morgan fingerprint density at radius 1 is 1.15 bits per heavy atom. The topological polar surface area (TPSA) is 77.2 Å². The van der Waals surface area contributed by atoms with Crippen molar-refractivity contribution in [1.82, 2.24) is 4.98 Å². The van der Waals surface area contributed by atoms with Gasteiger partial charge in [0.25, 0.3) is 0 Å². The fourth-order valence-corrected chi connectivity index (χ4v) is 2.98. The van der Waals surface area contributed by atoms with E-state index in [1.807, 2.05) is 36.4 Å². The van der Waals surface area contributed by atoms with Crippen LogP contribution in [0.5, 0.6) is 0 Å². The van der Waals surface area contributed by atoms with Gasteiger partial charge in [-0.15, -0.1) is 0 Å². The molecule has 0 aliphatic carbocycles. The second-order valence-electron chi connectivity index (χ2n) is 6.42. The van der Waals surface area contributed by atoms with Gasteiger partial charge in [-0.05, 0) is 48.9 Å². The zero-order valence-corrected chi connectivity index (χ0v) is 15.7. The molecular formula is C22H25N3O2. The van der Waals surface area contributed by atoms with E-state index in [-0.39, 0.29) is 5.97 Å². The fourth-order valence-electron chi connectivity index (χ4n) is 2.98. The summed E-state index contributed by atoms with van der Waals surface area (Å²) in [6.45, 7) is 4.21. The molecule has 0 aliphatic rings. The first-order chi connectivity index (χ1) is 13.1. The van der Waals surface area contributed by atoms with Crippen LogP contribution in [0.4, 0.5) is 11.5 Å². The Morgan fingerprint density at radius 3 is 2.59 bits per heavy atom. The van der Waals surface area contributed by atoms with Crippen LogP contribution in [0, 0.1) is 0 Å². The molecule has 3 rings (SSSR count). The molecule has 1 heterocycles. The Labute approximate surface area is 159 Å². The summed E-state index contributed by atoms with van der Waals surface area (Å²) in [7, 11) is 0. The first-order valence-electron chi connectivity index (χ1n) is 9.27. The SMILES string of the molecule is CCOC(=O)C(N)Cc1ccc(Nc2nc(CC)cc3ccccc23)cc1. The molecule has 5 nitrogen and oxygen atoms in total. The molecule has 5 heteroatoms. The van der Waals surface area contributed by atoms with Gasteiger partial charge in [0.05, 0.1) is 6.61 Å². The highest BCUT2D eigenvalue weighted by Gasteiger charge is 2.15. The lowest BCUT2D eigenvalue weighted by molar-refractivity contribution is -0.144. The predicted molar refractivity (Wildman–Crippen MR) is 109 cm³/mol. The molecule has 2 aromatic carbocycles. The monoisotopic (exact) mass is 363 g/mol. The van der Waals surface area contributed by atoms with Crippen LogP contribution in [-0.4, -0.2) is 23.6 Å². The third-order valence-corrected chi connectivity index (χ3v) is 4.42. The normalized spacial score (nSPS) is 12.0. The number of anilines is 2. The number of pyridine rings is 1. The molecule has 0 amide bonds. The van der Waals surface area contributed by atoms with Crippen LogP contribution in [-0.2, 0) is 22.4 Å². The number of esters is 1. The van der Waals surface area contributed by atoms with Crippen LogP contribution >= 0.6 is 0 Å². The summed E-state index contributed by atoms with van der Waals surface area (Å²) in [6.07, 6.45) is 1.33. The van der Waals surface area contributed by atoms with Crippen molar-refractivity contribution in [2.75, 3.05) is 11.9 Å². The fraction of sp³-hybridized carbons (Fsp3) is 0.273. The van der Waals surface area contributed by atoms with E-state index in [4.69, 9.17) is 15.5 Å². The van der Waals surface area contributed by atoms with E-state index in [0.29, 0.717) is 13.0 Å². The van der Waals surface area contributed by atoms with Gasteiger partial charge in [0.2, 0.25) is 0 Å². The van der Waals surface area contributed by atoms with Crippen molar-refractivity contribution >= 4 is 28.2 Å². The number of benzene rings is 2. The van der Waals surface area contributed by atoms with E-state index in [9.17, 15) is 4.79 Å². The Kier molecular flexibility index (Phi) is 6.04. The Morgan fingerprint density at radius 2 is 1.89 bits per heavy atom. The van der Waals surface area contributed by atoms with E-state index in [2.05, 4.69) is 30.4 Å². The van der Waals surface area contributed by atoms with Crippen LogP contribution in [0.15, 0.2) is 54.6 Å². The number of ether oxygens (including phenoxy) is 1. The number of carbonyl (C=O) groups is 1. The van der Waals surface area contributed by atoms with Crippen molar-refractivity contribution in [2.24, 2.45) is 5.73 Å². The third kappa shape index (κ3) is 4.63. The van der Waals surface area contributed by atoms with Crippen LogP contribution in [0.1, 0.15) is 25.1 Å². The van der Waals surface area contributed by atoms with Gasteiger partial charge >= 0.3 is 5.97 Å². The summed E-state index contributed by atoms with van der Waals surface area (Å²) in [5.74, 6) is 0.479. The number of aryl methyl sites for hydroxylation is 1. The van der Waals surface area contributed by atoms with Gasteiger partial charge in [0, 0.05) is 16.8 Å². The number of aromatic nitrogens is 1. The standard InChI is InChI=1S/C22H25N3O2/c1-3-17-14-16-7-5-6-8-19(16)21(24-17)25-18-11-9-15(10-12-18)13-20(23)22(26)27-4-2/h5-12,14,20H,3-4,13,23H2,1-2H3,(H,24,25). The van der Waals surface area contributed by atoms with Crippen LogP contribution < -0.4 is 11.1 Å². The summed E-state index contributed by atoms with van der Waals surface area (Å²) in [6, 6.07) is 17.6. The molecule has 1 unspecified atom stereocenters. The highest BCUT2D eigenvalue weighted by Crippen LogP contribution is 2.26. The number of nitrogens with two attached hydrogens (primary N) is 1. The minimum Gasteiger partial charge on any atom is -0.465 e. The molecular weight excluding hydrogens is 338 g/mol. The van der Waals surface area contributed by atoms with Crippen LogP contribution in [0.25, 0.3) is 10.8 Å². The molecule has 1 atom stereocenters. The van der Waals surface area contributed by atoms with Crippen molar-refractivity contribution in [3.05, 3.63) is 65.9 Å². The summed E-state index contributed by atoms with van der Waals surface area (Å²) < 4.78 is 4.96. The van der Waals surface area contributed by atoms with Gasteiger partial charge in [-0.1, -0.05) is 43.3 Å². The van der Waals surface area contributed by atoms with Gasteiger partial charge in [0.15, 0.2) is 0 Å². The van der Waals surface area contributed by atoms with Crippen molar-refractivity contribution < 1.29 is 9.53 Å². The molecule has 27 heavy (non-hydrogen) atoms. The smallest absolute Gasteiger partial charge is 0.323 e. The number of carbonyl (C=O) groups excluding carboxylic acids is 1. The Bertz CT molecular complexity index is 922. The number of hydrogen-bond donors (Lipinski definition) is 2. The van der Waals surface area contributed by atoms with Gasteiger partial charge in [0.1, 0.15) is 11.9 Å². The summed E-state index contributed by atoms with van der Waals surface area (Å²) in [5.41, 5.74) is 8.87. The highest BCUT2D eigenvalue weighted by atomic mass is 16.5. The van der Waals surface area contributed by atoms with Crippen molar-refractivity contribution in [2.45, 2.75) is 32.7 Å². The Hall–Kier alpha value is -2.92. The number of fused-ring (bicyclic) bond motifs is 1. The second kappa shape index (κ2) is 8.64. The van der Waals surface area contributed by atoms with Crippen molar-refractivity contribution in [3.8, 4) is 0 Å². The minimum absolute atomic E-state index is 0.340. The molecule has 3 aromatic rings. The van der Waals surface area contributed by atoms with E-state index >= 15 is 0 Å². The van der Waals surface area contributed by atoms with Crippen LogP contribution in [0.3, 0.4) is 0 Å². The van der Waals surface area contributed by atoms with E-state index in [1.54, 1.807) is 6.92 Å². The maximum atomic E-state index is 11.7. The molecule has 0 radical (unpaired) electrons. The van der Waals surface area contributed by atoms with Gasteiger partial charge < -0.3 is 15.8 Å². The van der Waals surface area contributed by atoms with E-state index < -0.39 is 6.04 Å². The van der Waals surface area contributed by atoms with Crippen LogP contribution in [0.2, 0.25) is 0 Å². The summed E-state index contributed by atoms with van der Waals surface area (Å²) in [5, 5.41) is 5.67. The summed E-state index contributed by atoms with van der Waals surface area (Å²) >= 11 is 0. The van der Waals surface area contributed by atoms with Gasteiger partial charge in [-0.25, -0.2) is 4.98 Å². The number of nitrogens with zero attached hydrogens (tertiary/aromatic N) is 1. The average molecular weight is 363 g/mol. The minimum atomic E-state index is -0.643. The number of hydrogen-bond acceptors (Lipinski definition) is 5. The first kappa shape index (κ1) is 18.9. The molecule has 0 aliphatic heterocycles. The second-order valence-corrected chi connectivity index (χ2v) is 6.42. The van der Waals surface area contributed by atoms with Crippen molar-refractivity contribution in [3.63, 3.8) is 0 Å². The maximum absolute atomic E-state index is 11.7. The van der Waals surface area contributed by atoms with E-state index in [0.717, 1.165) is 34.6 Å². The highest BCUT2D eigenvalue weighted by molar-refractivity contribution is 5.93.